The third kappa shape index (κ3) is 5.01. The predicted molar refractivity (Wildman–Crippen MR) is 101 cm³/mol. The zero-order chi connectivity index (χ0) is 20.3. The topological polar surface area (TPSA) is 108 Å². The number of carbonyl (C=O) groups excluding carboxylic acids is 2. The second-order valence-corrected chi connectivity index (χ2v) is 8.52. The molecule has 0 radical (unpaired) electrons. The number of hydrogen-bond acceptors (Lipinski definition) is 7. The Balaban J connectivity index is 1.62. The van der Waals surface area contributed by atoms with Gasteiger partial charge in [0.05, 0.1) is 11.3 Å². The van der Waals surface area contributed by atoms with E-state index in [0.717, 1.165) is 6.26 Å². The van der Waals surface area contributed by atoms with Gasteiger partial charge in [-0.3, -0.25) is 4.79 Å². The average molecular weight is 405 g/mol. The lowest BCUT2D eigenvalue weighted by atomic mass is 10.1. The van der Waals surface area contributed by atoms with E-state index >= 15 is 0 Å². The fourth-order valence-electron chi connectivity index (χ4n) is 2.59. The van der Waals surface area contributed by atoms with Gasteiger partial charge in [-0.05, 0) is 36.8 Å². The molecule has 1 aliphatic rings. The van der Waals surface area contributed by atoms with Crippen molar-refractivity contribution in [3.05, 3.63) is 53.6 Å². The van der Waals surface area contributed by atoms with Crippen LogP contribution < -0.4 is 14.8 Å². The Kier molecular flexibility index (Phi) is 5.55. The number of rotatable bonds is 6. The fourth-order valence-corrected chi connectivity index (χ4v) is 3.38. The smallest absolute Gasteiger partial charge is 0.338 e. The lowest BCUT2D eigenvalue weighted by Crippen LogP contribution is -2.30. The Hall–Kier alpha value is -3.07. The highest BCUT2D eigenvalue weighted by Gasteiger charge is 2.21. The minimum Gasteiger partial charge on any atom is -0.454 e. The summed E-state index contributed by atoms with van der Waals surface area (Å²) < 4.78 is 38.5. The molecular formula is C19H19NO7S. The SMILES string of the molecule is C[C@@H](OC(=O)c1cccc(CS(C)(=O)=O)c1)C(=O)Nc1ccc2c(c1)OCO2. The molecule has 3 rings (SSSR count). The number of carbonyl (C=O) groups is 2. The summed E-state index contributed by atoms with van der Waals surface area (Å²) in [5, 5.41) is 2.64. The molecule has 0 spiro atoms. The van der Waals surface area contributed by atoms with Crippen LogP contribution in [0.4, 0.5) is 5.69 Å². The third-order valence-electron chi connectivity index (χ3n) is 3.88. The zero-order valence-electron chi connectivity index (χ0n) is 15.3. The van der Waals surface area contributed by atoms with Crippen LogP contribution in [0.1, 0.15) is 22.8 Å². The van der Waals surface area contributed by atoms with Crippen molar-refractivity contribution in [3.63, 3.8) is 0 Å². The highest BCUT2D eigenvalue weighted by Crippen LogP contribution is 2.34. The molecule has 1 N–H and O–H groups in total. The number of sulfone groups is 1. The molecule has 148 valence electrons. The minimum atomic E-state index is -3.23. The van der Waals surface area contributed by atoms with Crippen LogP contribution in [0.15, 0.2) is 42.5 Å². The molecule has 0 bridgehead atoms. The number of hydrogen-bond donors (Lipinski definition) is 1. The molecule has 1 amide bonds. The van der Waals surface area contributed by atoms with Crippen molar-refractivity contribution in [2.45, 2.75) is 18.8 Å². The molecule has 0 saturated carbocycles. The summed E-state index contributed by atoms with van der Waals surface area (Å²) in [5.74, 6) is -0.311. The summed E-state index contributed by atoms with van der Waals surface area (Å²) in [6, 6.07) is 11.0. The van der Waals surface area contributed by atoms with E-state index in [-0.39, 0.29) is 18.1 Å². The molecule has 0 aliphatic carbocycles. The molecule has 1 atom stereocenters. The second kappa shape index (κ2) is 7.89. The maximum absolute atomic E-state index is 12.3. The van der Waals surface area contributed by atoms with Crippen molar-refractivity contribution < 1.29 is 32.2 Å². The molecule has 0 aromatic heterocycles. The Morgan fingerprint density at radius 2 is 1.89 bits per heavy atom. The molecule has 0 unspecified atom stereocenters. The highest BCUT2D eigenvalue weighted by atomic mass is 32.2. The second-order valence-electron chi connectivity index (χ2n) is 6.38. The van der Waals surface area contributed by atoms with E-state index in [0.29, 0.717) is 22.7 Å². The van der Waals surface area contributed by atoms with Gasteiger partial charge in [-0.2, -0.15) is 0 Å². The molecule has 2 aromatic rings. The van der Waals surface area contributed by atoms with Crippen LogP contribution in [0.25, 0.3) is 0 Å². The van der Waals surface area contributed by atoms with Gasteiger partial charge in [-0.25, -0.2) is 13.2 Å². The summed E-state index contributed by atoms with van der Waals surface area (Å²) in [4.78, 5) is 24.6. The molecular weight excluding hydrogens is 386 g/mol. The van der Waals surface area contributed by atoms with E-state index in [1.165, 1.54) is 19.1 Å². The average Bonchev–Trinajstić information content (AvgIpc) is 3.08. The summed E-state index contributed by atoms with van der Waals surface area (Å²) in [6.45, 7) is 1.57. The highest BCUT2D eigenvalue weighted by molar-refractivity contribution is 7.89. The first-order chi connectivity index (χ1) is 13.2. The van der Waals surface area contributed by atoms with Gasteiger partial charge < -0.3 is 19.5 Å². The van der Waals surface area contributed by atoms with E-state index in [4.69, 9.17) is 14.2 Å². The molecule has 1 heterocycles. The number of anilines is 1. The first-order valence-electron chi connectivity index (χ1n) is 8.39. The Morgan fingerprint density at radius 3 is 2.64 bits per heavy atom. The van der Waals surface area contributed by atoms with Gasteiger partial charge in [-0.15, -0.1) is 0 Å². The van der Waals surface area contributed by atoms with E-state index in [1.807, 2.05) is 0 Å². The van der Waals surface area contributed by atoms with Gasteiger partial charge in [-0.1, -0.05) is 12.1 Å². The quantitative estimate of drug-likeness (QED) is 0.734. The van der Waals surface area contributed by atoms with Crippen molar-refractivity contribution in [1.82, 2.24) is 0 Å². The van der Waals surface area contributed by atoms with Crippen LogP contribution in [0, 0.1) is 0 Å². The number of fused-ring (bicyclic) bond motifs is 1. The number of amides is 1. The van der Waals surface area contributed by atoms with Crippen LogP contribution in [-0.2, 0) is 25.1 Å². The van der Waals surface area contributed by atoms with Crippen molar-refractivity contribution in [2.75, 3.05) is 18.4 Å². The van der Waals surface area contributed by atoms with Crippen LogP contribution in [-0.4, -0.2) is 39.4 Å². The van der Waals surface area contributed by atoms with Crippen molar-refractivity contribution in [2.24, 2.45) is 0 Å². The van der Waals surface area contributed by atoms with Crippen molar-refractivity contribution in [1.29, 1.82) is 0 Å². The minimum absolute atomic E-state index is 0.124. The van der Waals surface area contributed by atoms with Crippen LogP contribution >= 0.6 is 0 Å². The van der Waals surface area contributed by atoms with E-state index in [2.05, 4.69) is 5.32 Å². The standard InChI is InChI=1S/C19H19NO7S/c1-12(18(21)20-15-6-7-16-17(9-15)26-11-25-16)27-19(22)14-5-3-4-13(8-14)10-28(2,23)24/h3-9,12H,10-11H2,1-2H3,(H,20,21)/t12-/m1/s1. The van der Waals surface area contributed by atoms with Gasteiger partial charge in [0.15, 0.2) is 27.4 Å². The third-order valence-corrected chi connectivity index (χ3v) is 4.74. The molecule has 28 heavy (non-hydrogen) atoms. The van der Waals surface area contributed by atoms with Gasteiger partial charge >= 0.3 is 5.97 Å². The summed E-state index contributed by atoms with van der Waals surface area (Å²) >= 11 is 0. The summed E-state index contributed by atoms with van der Waals surface area (Å²) in [5.41, 5.74) is 1.12. The lowest BCUT2D eigenvalue weighted by molar-refractivity contribution is -0.123. The first kappa shape index (κ1) is 19.7. The lowest BCUT2D eigenvalue weighted by Gasteiger charge is -2.14. The Labute approximate surface area is 162 Å². The molecule has 0 fully saturated rings. The van der Waals surface area contributed by atoms with Gasteiger partial charge in [0.2, 0.25) is 6.79 Å². The Bertz CT molecular complexity index is 1020. The largest absolute Gasteiger partial charge is 0.454 e. The molecule has 1 aliphatic heterocycles. The summed E-state index contributed by atoms with van der Waals surface area (Å²) in [7, 11) is -3.23. The van der Waals surface area contributed by atoms with Crippen molar-refractivity contribution >= 4 is 27.4 Å². The van der Waals surface area contributed by atoms with Crippen LogP contribution in [0.2, 0.25) is 0 Å². The van der Waals surface area contributed by atoms with E-state index in [9.17, 15) is 18.0 Å². The molecule has 0 saturated heterocycles. The van der Waals surface area contributed by atoms with Gasteiger partial charge in [0.25, 0.3) is 5.91 Å². The number of ether oxygens (including phenoxy) is 3. The van der Waals surface area contributed by atoms with E-state index < -0.39 is 27.8 Å². The zero-order valence-corrected chi connectivity index (χ0v) is 16.1. The predicted octanol–water partition coefficient (Wildman–Crippen LogP) is 2.14. The number of nitrogens with one attached hydrogen (secondary N) is 1. The number of benzene rings is 2. The van der Waals surface area contributed by atoms with Gasteiger partial charge in [0, 0.05) is 18.0 Å². The van der Waals surface area contributed by atoms with Crippen LogP contribution in [0.3, 0.4) is 0 Å². The van der Waals surface area contributed by atoms with Gasteiger partial charge in [0.1, 0.15) is 0 Å². The maximum atomic E-state index is 12.3. The molecule has 8 nitrogen and oxygen atoms in total. The van der Waals surface area contributed by atoms with Crippen molar-refractivity contribution in [3.8, 4) is 11.5 Å². The monoisotopic (exact) mass is 405 g/mol. The normalized spacial score (nSPS) is 13.6. The maximum Gasteiger partial charge on any atom is 0.338 e. The van der Waals surface area contributed by atoms with E-state index in [1.54, 1.807) is 30.3 Å². The first-order valence-corrected chi connectivity index (χ1v) is 10.5. The molecule has 2 aromatic carbocycles. The molecule has 9 heteroatoms. The fraction of sp³-hybridized carbons (Fsp3) is 0.263. The number of esters is 1. The summed E-state index contributed by atoms with van der Waals surface area (Å²) in [6.07, 6.45) is 0.0528. The Morgan fingerprint density at radius 1 is 1.14 bits per heavy atom. The van der Waals surface area contributed by atoms with Crippen LogP contribution in [0.5, 0.6) is 11.5 Å².